The van der Waals surface area contributed by atoms with Crippen LogP contribution in [0.1, 0.15) is 5.56 Å². The van der Waals surface area contributed by atoms with E-state index in [1.54, 1.807) is 12.1 Å². The Balaban J connectivity index is 1.60. The number of fused-ring (bicyclic) bond motifs is 1. The van der Waals surface area contributed by atoms with Crippen molar-refractivity contribution in [3.05, 3.63) is 69.8 Å². The van der Waals surface area contributed by atoms with Gasteiger partial charge in [-0.3, -0.25) is 15.1 Å². The minimum Gasteiger partial charge on any atom is -0.312 e. The number of halogens is 2. The molecular formula is C18H15F2N3O4S2. The van der Waals surface area contributed by atoms with Gasteiger partial charge >= 0.3 is 0 Å². The first kappa shape index (κ1) is 19.8. The summed E-state index contributed by atoms with van der Waals surface area (Å²) in [6, 6.07) is 8.13. The maximum Gasteiger partial charge on any atom is 0.269 e. The fourth-order valence-electron chi connectivity index (χ4n) is 3.45. The summed E-state index contributed by atoms with van der Waals surface area (Å²) in [5.74, 6) is -1.38. The van der Waals surface area contributed by atoms with Gasteiger partial charge in [0.15, 0.2) is 15.0 Å². The van der Waals surface area contributed by atoms with E-state index in [9.17, 15) is 27.3 Å². The number of rotatable bonds is 4. The quantitative estimate of drug-likeness (QED) is 0.537. The molecule has 1 fully saturated rings. The molecule has 0 spiro atoms. The zero-order valence-corrected chi connectivity index (χ0v) is 16.5. The summed E-state index contributed by atoms with van der Waals surface area (Å²) in [7, 11) is -3.29. The van der Waals surface area contributed by atoms with Gasteiger partial charge in [0, 0.05) is 24.0 Å². The summed E-state index contributed by atoms with van der Waals surface area (Å²) in [6.45, 7) is 0. The van der Waals surface area contributed by atoms with Crippen molar-refractivity contribution in [2.45, 2.75) is 17.8 Å². The lowest BCUT2D eigenvalue weighted by Crippen LogP contribution is -2.39. The number of aliphatic imine (C=N–C) groups is 1. The monoisotopic (exact) mass is 439 g/mol. The van der Waals surface area contributed by atoms with E-state index in [2.05, 4.69) is 4.99 Å². The molecule has 11 heteroatoms. The van der Waals surface area contributed by atoms with Gasteiger partial charge in [0.1, 0.15) is 11.6 Å². The van der Waals surface area contributed by atoms with Crippen molar-refractivity contribution in [1.82, 2.24) is 0 Å². The second-order valence-corrected chi connectivity index (χ2v) is 9.90. The number of hydrogen-bond acceptors (Lipinski definition) is 7. The lowest BCUT2D eigenvalue weighted by Gasteiger charge is -2.26. The topological polar surface area (TPSA) is 92.9 Å². The van der Waals surface area contributed by atoms with Crippen molar-refractivity contribution in [2.75, 3.05) is 16.4 Å². The first-order chi connectivity index (χ1) is 13.7. The first-order valence-electron chi connectivity index (χ1n) is 8.62. The van der Waals surface area contributed by atoms with Gasteiger partial charge in [-0.05, 0) is 17.7 Å². The molecule has 0 radical (unpaired) electrons. The number of nitro groups is 1. The fraction of sp³-hybridized carbons (Fsp3) is 0.278. The number of anilines is 1. The summed E-state index contributed by atoms with van der Waals surface area (Å²) < 4.78 is 51.8. The van der Waals surface area contributed by atoms with Crippen molar-refractivity contribution in [2.24, 2.45) is 4.99 Å². The van der Waals surface area contributed by atoms with Gasteiger partial charge in [-0.1, -0.05) is 23.9 Å². The highest BCUT2D eigenvalue weighted by atomic mass is 32.2. The number of sulfone groups is 1. The van der Waals surface area contributed by atoms with Crippen molar-refractivity contribution >= 4 is 38.1 Å². The molecule has 0 N–H and O–H groups in total. The van der Waals surface area contributed by atoms with Crippen molar-refractivity contribution in [3.63, 3.8) is 0 Å². The van der Waals surface area contributed by atoms with E-state index in [4.69, 9.17) is 0 Å². The SMILES string of the molecule is O=[N+]([O-])c1ccc(CSC2=N[C@@H]3CS(=O)(=O)C[C@H]3N2c2ccc(F)cc2F)cc1. The number of non-ortho nitro benzene ring substituents is 1. The molecule has 7 nitrogen and oxygen atoms in total. The van der Waals surface area contributed by atoms with Gasteiger partial charge in [0.05, 0.1) is 34.2 Å². The molecule has 0 aromatic heterocycles. The Kier molecular flexibility index (Phi) is 5.03. The third-order valence-electron chi connectivity index (χ3n) is 4.79. The molecule has 2 atom stereocenters. The van der Waals surface area contributed by atoms with Gasteiger partial charge < -0.3 is 4.90 Å². The van der Waals surface area contributed by atoms with Crippen LogP contribution in [0.3, 0.4) is 0 Å². The van der Waals surface area contributed by atoms with Crippen LogP contribution in [-0.2, 0) is 15.6 Å². The number of hydrogen-bond donors (Lipinski definition) is 0. The molecule has 2 aliphatic heterocycles. The Hall–Kier alpha value is -2.53. The molecule has 0 saturated carbocycles. The average molecular weight is 439 g/mol. The van der Waals surface area contributed by atoms with E-state index in [0.717, 1.165) is 17.7 Å². The first-order valence-corrected chi connectivity index (χ1v) is 11.4. The van der Waals surface area contributed by atoms with Gasteiger partial charge in [0.25, 0.3) is 5.69 Å². The molecule has 0 unspecified atom stereocenters. The van der Waals surface area contributed by atoms with Crippen molar-refractivity contribution in [1.29, 1.82) is 0 Å². The smallest absolute Gasteiger partial charge is 0.269 e. The lowest BCUT2D eigenvalue weighted by atomic mass is 10.1. The molecule has 0 aliphatic carbocycles. The van der Waals surface area contributed by atoms with Crippen LogP contribution in [0, 0.1) is 21.7 Å². The molecule has 29 heavy (non-hydrogen) atoms. The van der Waals surface area contributed by atoms with Crippen LogP contribution < -0.4 is 4.90 Å². The highest BCUT2D eigenvalue weighted by Gasteiger charge is 2.47. The highest BCUT2D eigenvalue weighted by molar-refractivity contribution is 8.13. The molecule has 4 rings (SSSR count). The third-order valence-corrected chi connectivity index (χ3v) is 7.53. The zero-order chi connectivity index (χ0) is 20.8. The van der Waals surface area contributed by atoms with Crippen LogP contribution in [0.2, 0.25) is 0 Å². The summed E-state index contributed by atoms with van der Waals surface area (Å²) in [6.07, 6.45) is 0. The van der Waals surface area contributed by atoms with Gasteiger partial charge in [-0.2, -0.15) is 0 Å². The van der Waals surface area contributed by atoms with Crippen LogP contribution in [0.15, 0.2) is 47.5 Å². The van der Waals surface area contributed by atoms with Crippen LogP contribution in [0.25, 0.3) is 0 Å². The van der Waals surface area contributed by atoms with E-state index in [1.807, 2.05) is 0 Å². The molecule has 0 amide bonds. The number of thioether (sulfide) groups is 1. The minimum atomic E-state index is -3.29. The minimum absolute atomic E-state index is 0.0216. The van der Waals surface area contributed by atoms with Crippen LogP contribution >= 0.6 is 11.8 Å². The second-order valence-electron chi connectivity index (χ2n) is 6.80. The Labute approximate surface area is 169 Å². The van der Waals surface area contributed by atoms with Gasteiger partial charge in [0.2, 0.25) is 0 Å². The number of nitrogens with zero attached hydrogens (tertiary/aromatic N) is 3. The predicted molar refractivity (Wildman–Crippen MR) is 107 cm³/mol. The van der Waals surface area contributed by atoms with Gasteiger partial charge in [-0.25, -0.2) is 17.2 Å². The third kappa shape index (κ3) is 3.97. The fourth-order valence-corrected chi connectivity index (χ4v) is 6.37. The highest BCUT2D eigenvalue weighted by Crippen LogP contribution is 2.37. The zero-order valence-electron chi connectivity index (χ0n) is 14.9. The van der Waals surface area contributed by atoms with E-state index in [1.165, 1.54) is 34.9 Å². The molecule has 0 bridgehead atoms. The normalized spacial score (nSPS) is 22.4. The molecule has 2 aliphatic rings. The summed E-state index contributed by atoms with van der Waals surface area (Å²) in [5.41, 5.74) is 0.852. The number of nitro benzene ring substituents is 1. The van der Waals surface area contributed by atoms with E-state index in [0.29, 0.717) is 10.9 Å². The molecular weight excluding hydrogens is 424 g/mol. The predicted octanol–water partition coefficient (Wildman–Crippen LogP) is 3.15. The summed E-state index contributed by atoms with van der Waals surface area (Å²) in [5, 5.41) is 11.2. The lowest BCUT2D eigenvalue weighted by molar-refractivity contribution is -0.384. The van der Waals surface area contributed by atoms with Crippen LogP contribution in [-0.4, -0.2) is 42.1 Å². The van der Waals surface area contributed by atoms with E-state index in [-0.39, 0.29) is 22.9 Å². The second kappa shape index (κ2) is 7.38. The van der Waals surface area contributed by atoms with Crippen LogP contribution in [0.4, 0.5) is 20.2 Å². The Morgan fingerprint density at radius 2 is 1.90 bits per heavy atom. The van der Waals surface area contributed by atoms with E-state index < -0.39 is 38.5 Å². The Morgan fingerprint density at radius 1 is 1.17 bits per heavy atom. The number of benzene rings is 2. The molecule has 2 aromatic rings. The summed E-state index contributed by atoms with van der Waals surface area (Å²) >= 11 is 1.27. The Bertz CT molecular complexity index is 1110. The van der Waals surface area contributed by atoms with E-state index >= 15 is 0 Å². The maximum atomic E-state index is 14.4. The maximum absolute atomic E-state index is 14.4. The standard InChI is InChI=1S/C18H15F2N3O4S2/c19-12-3-6-16(14(20)7-12)22-17-10-29(26,27)9-15(17)21-18(22)28-8-11-1-4-13(5-2-11)23(24)25/h1-7,15,17H,8-10H2/t15-,17-/m1/s1. The molecule has 152 valence electrons. The summed E-state index contributed by atoms with van der Waals surface area (Å²) in [4.78, 5) is 16.3. The average Bonchev–Trinajstić information content (AvgIpc) is 3.12. The number of amidine groups is 1. The largest absolute Gasteiger partial charge is 0.312 e. The molecule has 2 heterocycles. The molecule has 1 saturated heterocycles. The van der Waals surface area contributed by atoms with Gasteiger partial charge in [-0.15, -0.1) is 0 Å². The molecule has 2 aromatic carbocycles. The van der Waals surface area contributed by atoms with Crippen molar-refractivity contribution < 1.29 is 22.1 Å². The van der Waals surface area contributed by atoms with Crippen molar-refractivity contribution in [3.8, 4) is 0 Å². The van der Waals surface area contributed by atoms with Crippen LogP contribution in [0.5, 0.6) is 0 Å². The Morgan fingerprint density at radius 3 is 2.55 bits per heavy atom.